The molecule has 3 aromatic rings. The standard InChI is InChI=1S/C18H18BrN3O2S/c19-14-3-1-4-15(11-14)24-9-10-25-18-21-20-17(13-6-7-13)22(18)12-16-5-2-8-23-16/h1-5,8,11,13H,6-7,9-10,12H2. The molecule has 0 unspecified atom stereocenters. The van der Waals surface area contributed by atoms with Gasteiger partial charge in [-0.05, 0) is 43.2 Å². The van der Waals surface area contributed by atoms with Crippen molar-refractivity contribution in [3.05, 3.63) is 58.7 Å². The smallest absolute Gasteiger partial charge is 0.191 e. The fourth-order valence-corrected chi connectivity index (χ4v) is 3.75. The molecule has 0 atom stereocenters. The Hall–Kier alpha value is -1.73. The number of furan rings is 1. The second kappa shape index (κ2) is 7.66. The quantitative estimate of drug-likeness (QED) is 0.390. The molecule has 0 radical (unpaired) electrons. The van der Waals surface area contributed by atoms with Crippen LogP contribution in [0.15, 0.2) is 56.7 Å². The number of hydrogen-bond donors (Lipinski definition) is 0. The highest BCUT2D eigenvalue weighted by Crippen LogP contribution is 2.40. The molecule has 1 saturated carbocycles. The molecular formula is C18H18BrN3O2S. The van der Waals surface area contributed by atoms with E-state index in [4.69, 9.17) is 9.15 Å². The summed E-state index contributed by atoms with van der Waals surface area (Å²) in [5.74, 6) is 4.23. The van der Waals surface area contributed by atoms with Crippen molar-refractivity contribution in [2.24, 2.45) is 0 Å². The van der Waals surface area contributed by atoms with Gasteiger partial charge in [0.25, 0.3) is 0 Å². The SMILES string of the molecule is Brc1cccc(OCCSc2nnc(C3CC3)n2Cc2ccco2)c1. The van der Waals surface area contributed by atoms with Crippen LogP contribution in [0.25, 0.3) is 0 Å². The summed E-state index contributed by atoms with van der Waals surface area (Å²) in [7, 11) is 0. The lowest BCUT2D eigenvalue weighted by molar-refractivity contribution is 0.343. The Bertz CT molecular complexity index is 831. The van der Waals surface area contributed by atoms with Gasteiger partial charge in [0.05, 0.1) is 19.4 Å². The van der Waals surface area contributed by atoms with Gasteiger partial charge in [0.1, 0.15) is 17.3 Å². The Labute approximate surface area is 158 Å². The van der Waals surface area contributed by atoms with E-state index >= 15 is 0 Å². The molecule has 5 nitrogen and oxygen atoms in total. The lowest BCUT2D eigenvalue weighted by Crippen LogP contribution is -2.07. The summed E-state index contributed by atoms with van der Waals surface area (Å²) in [6, 6.07) is 11.8. The molecule has 0 amide bonds. The fourth-order valence-electron chi connectivity index (χ4n) is 2.61. The summed E-state index contributed by atoms with van der Waals surface area (Å²) in [5.41, 5.74) is 0. The Morgan fingerprint density at radius 1 is 1.24 bits per heavy atom. The van der Waals surface area contributed by atoms with Gasteiger partial charge in [-0.1, -0.05) is 33.8 Å². The third-order valence-electron chi connectivity index (χ3n) is 3.96. The van der Waals surface area contributed by atoms with Gasteiger partial charge in [-0.25, -0.2) is 0 Å². The van der Waals surface area contributed by atoms with E-state index in [9.17, 15) is 0 Å². The number of thioether (sulfide) groups is 1. The molecule has 1 fully saturated rings. The van der Waals surface area contributed by atoms with E-state index in [1.807, 2.05) is 36.4 Å². The molecule has 2 aromatic heterocycles. The Morgan fingerprint density at radius 3 is 2.92 bits per heavy atom. The average Bonchev–Trinajstić information content (AvgIpc) is 3.17. The highest BCUT2D eigenvalue weighted by atomic mass is 79.9. The lowest BCUT2D eigenvalue weighted by Gasteiger charge is -2.09. The monoisotopic (exact) mass is 419 g/mol. The molecule has 2 heterocycles. The topological polar surface area (TPSA) is 53.1 Å². The van der Waals surface area contributed by atoms with Crippen LogP contribution in [0.1, 0.15) is 30.3 Å². The van der Waals surface area contributed by atoms with Gasteiger partial charge in [0.2, 0.25) is 0 Å². The number of aromatic nitrogens is 3. The van der Waals surface area contributed by atoms with Gasteiger partial charge >= 0.3 is 0 Å². The molecule has 0 N–H and O–H groups in total. The number of ether oxygens (including phenoxy) is 1. The molecule has 130 valence electrons. The summed E-state index contributed by atoms with van der Waals surface area (Å²) in [4.78, 5) is 0. The van der Waals surface area contributed by atoms with Gasteiger partial charge in [-0.3, -0.25) is 4.57 Å². The molecule has 1 aromatic carbocycles. The molecule has 0 spiro atoms. The van der Waals surface area contributed by atoms with Crippen molar-refractivity contribution in [1.82, 2.24) is 14.8 Å². The first-order chi connectivity index (χ1) is 12.3. The maximum atomic E-state index is 5.79. The van der Waals surface area contributed by atoms with Crippen LogP contribution in [0.4, 0.5) is 0 Å². The Morgan fingerprint density at radius 2 is 2.16 bits per heavy atom. The summed E-state index contributed by atoms with van der Waals surface area (Å²) in [6.07, 6.45) is 4.11. The van der Waals surface area contributed by atoms with E-state index in [1.165, 1.54) is 12.8 Å². The van der Waals surface area contributed by atoms with E-state index in [0.29, 0.717) is 19.1 Å². The van der Waals surface area contributed by atoms with Crippen LogP contribution in [0, 0.1) is 0 Å². The van der Waals surface area contributed by atoms with Crippen LogP contribution in [-0.4, -0.2) is 27.1 Å². The molecule has 0 aliphatic heterocycles. The second-order valence-corrected chi connectivity index (χ2v) is 7.91. The van der Waals surface area contributed by atoms with Crippen LogP contribution >= 0.6 is 27.7 Å². The van der Waals surface area contributed by atoms with Gasteiger partial charge in [-0.2, -0.15) is 0 Å². The second-order valence-electron chi connectivity index (χ2n) is 5.93. The van der Waals surface area contributed by atoms with Gasteiger partial charge in [0.15, 0.2) is 5.16 Å². The minimum absolute atomic E-state index is 0.551. The average molecular weight is 420 g/mol. The number of halogens is 1. The first-order valence-corrected chi connectivity index (χ1v) is 10.0. The minimum Gasteiger partial charge on any atom is -0.493 e. The van der Waals surface area contributed by atoms with Gasteiger partial charge < -0.3 is 9.15 Å². The zero-order chi connectivity index (χ0) is 17.1. The zero-order valence-electron chi connectivity index (χ0n) is 13.6. The number of benzene rings is 1. The molecule has 0 bridgehead atoms. The van der Waals surface area contributed by atoms with Crippen molar-refractivity contribution >= 4 is 27.7 Å². The van der Waals surface area contributed by atoms with Crippen LogP contribution < -0.4 is 4.74 Å². The predicted molar refractivity (Wildman–Crippen MR) is 100 cm³/mol. The molecule has 7 heteroatoms. The number of rotatable bonds is 8. The van der Waals surface area contributed by atoms with Crippen LogP contribution in [0.3, 0.4) is 0 Å². The third-order valence-corrected chi connectivity index (χ3v) is 5.39. The molecule has 1 aliphatic carbocycles. The third kappa shape index (κ3) is 4.27. The predicted octanol–water partition coefficient (Wildman–Crippen LogP) is 4.73. The largest absolute Gasteiger partial charge is 0.493 e. The molecular weight excluding hydrogens is 402 g/mol. The summed E-state index contributed by atoms with van der Waals surface area (Å²) < 4.78 is 14.5. The van der Waals surface area contributed by atoms with Crippen LogP contribution in [0.2, 0.25) is 0 Å². The fraction of sp³-hybridized carbons (Fsp3) is 0.333. The van der Waals surface area contributed by atoms with Crippen molar-refractivity contribution in [3.63, 3.8) is 0 Å². The van der Waals surface area contributed by atoms with Crippen LogP contribution in [-0.2, 0) is 6.54 Å². The summed E-state index contributed by atoms with van der Waals surface area (Å²) >= 11 is 5.12. The highest BCUT2D eigenvalue weighted by Gasteiger charge is 2.30. The van der Waals surface area contributed by atoms with Crippen molar-refractivity contribution < 1.29 is 9.15 Å². The highest BCUT2D eigenvalue weighted by molar-refractivity contribution is 9.10. The van der Waals surface area contributed by atoms with Crippen molar-refractivity contribution in [1.29, 1.82) is 0 Å². The van der Waals surface area contributed by atoms with Crippen LogP contribution in [0.5, 0.6) is 5.75 Å². The van der Waals surface area contributed by atoms with E-state index in [0.717, 1.165) is 32.7 Å². The van der Waals surface area contributed by atoms with E-state index in [1.54, 1.807) is 18.0 Å². The molecule has 4 rings (SSSR count). The number of hydrogen-bond acceptors (Lipinski definition) is 5. The summed E-state index contributed by atoms with van der Waals surface area (Å²) in [6.45, 7) is 1.30. The van der Waals surface area contributed by atoms with Crippen molar-refractivity contribution in [3.8, 4) is 5.75 Å². The maximum absolute atomic E-state index is 5.79. The Balaban J connectivity index is 1.38. The van der Waals surface area contributed by atoms with E-state index in [2.05, 4.69) is 30.7 Å². The van der Waals surface area contributed by atoms with E-state index < -0.39 is 0 Å². The first kappa shape index (κ1) is 16.7. The Kier molecular flexibility index (Phi) is 5.12. The number of nitrogens with zero attached hydrogens (tertiary/aromatic N) is 3. The van der Waals surface area contributed by atoms with Gasteiger partial charge in [-0.15, -0.1) is 10.2 Å². The maximum Gasteiger partial charge on any atom is 0.191 e. The molecule has 0 saturated heterocycles. The van der Waals surface area contributed by atoms with Crippen molar-refractivity contribution in [2.45, 2.75) is 30.5 Å². The minimum atomic E-state index is 0.551. The zero-order valence-corrected chi connectivity index (χ0v) is 16.0. The lowest BCUT2D eigenvalue weighted by atomic mass is 10.3. The first-order valence-electron chi connectivity index (χ1n) is 8.26. The summed E-state index contributed by atoms with van der Waals surface area (Å²) in [5, 5.41) is 9.73. The normalized spacial score (nSPS) is 14.0. The molecule has 1 aliphatic rings. The van der Waals surface area contributed by atoms with Crippen molar-refractivity contribution in [2.75, 3.05) is 12.4 Å². The van der Waals surface area contributed by atoms with Gasteiger partial charge in [0, 0.05) is 16.1 Å². The van der Waals surface area contributed by atoms with E-state index in [-0.39, 0.29) is 0 Å². The molecule has 25 heavy (non-hydrogen) atoms.